The number of hydrogen-bond acceptors (Lipinski definition) is 8. The normalized spacial score (nSPS) is 15.2. The number of para-hydroxylation sites is 1. The summed E-state index contributed by atoms with van der Waals surface area (Å²) in [5.41, 5.74) is 5.46. The van der Waals surface area contributed by atoms with Crippen molar-refractivity contribution in [3.63, 3.8) is 0 Å². The number of fused-ring (bicyclic) bond motifs is 2. The molecule has 2 aliphatic rings. The second kappa shape index (κ2) is 10.2. The molecule has 0 aliphatic carbocycles. The van der Waals surface area contributed by atoms with Crippen molar-refractivity contribution in [1.82, 2.24) is 15.0 Å². The number of hydrogen-bond donors (Lipinski definition) is 2. The minimum atomic E-state index is -0.136. The monoisotopic (exact) mass is 511 g/mol. The number of H-pyrrole nitrogens is 1. The van der Waals surface area contributed by atoms with E-state index >= 15 is 0 Å². The number of nitrogens with one attached hydrogen (secondary N) is 2. The summed E-state index contributed by atoms with van der Waals surface area (Å²) in [6, 6.07) is 17.4. The van der Waals surface area contributed by atoms with Gasteiger partial charge in [-0.05, 0) is 42.8 Å². The second-order valence-corrected chi connectivity index (χ2v) is 9.43. The Kier molecular flexibility index (Phi) is 6.43. The molecule has 4 heterocycles. The maximum Gasteiger partial charge on any atom is 0.250 e. The van der Waals surface area contributed by atoms with E-state index in [0.717, 1.165) is 58.3 Å². The molecule has 0 amide bonds. The van der Waals surface area contributed by atoms with Gasteiger partial charge in [-0.15, -0.1) is 0 Å². The van der Waals surface area contributed by atoms with Crippen LogP contribution in [0.15, 0.2) is 65.6 Å². The molecule has 0 saturated carbocycles. The average Bonchev–Trinajstić information content (AvgIpc) is 2.96. The van der Waals surface area contributed by atoms with Gasteiger partial charge in [0.05, 0.1) is 32.1 Å². The van der Waals surface area contributed by atoms with Gasteiger partial charge in [0.1, 0.15) is 11.5 Å². The molecular weight excluding hydrogens is 482 g/mol. The Morgan fingerprint density at radius 2 is 1.95 bits per heavy atom. The van der Waals surface area contributed by atoms with Gasteiger partial charge in [-0.3, -0.25) is 4.79 Å². The first-order valence-corrected chi connectivity index (χ1v) is 12.7. The maximum absolute atomic E-state index is 12.6. The average molecular weight is 512 g/mol. The molecular formula is C29H29N5O4. The Morgan fingerprint density at radius 3 is 2.79 bits per heavy atom. The molecule has 9 heteroatoms. The molecule has 0 spiro atoms. The summed E-state index contributed by atoms with van der Waals surface area (Å²) in [4.78, 5) is 26.6. The fourth-order valence-corrected chi connectivity index (χ4v) is 4.95. The van der Waals surface area contributed by atoms with E-state index in [9.17, 15) is 4.79 Å². The van der Waals surface area contributed by atoms with E-state index in [1.807, 2.05) is 37.3 Å². The number of aromatic amines is 1. The number of ether oxygens (including phenoxy) is 3. The lowest BCUT2D eigenvalue weighted by atomic mass is 9.96. The topological polar surface area (TPSA) is 102 Å². The van der Waals surface area contributed by atoms with E-state index in [1.54, 1.807) is 25.4 Å². The van der Waals surface area contributed by atoms with Crippen LogP contribution in [0.1, 0.15) is 29.9 Å². The summed E-state index contributed by atoms with van der Waals surface area (Å²) in [5.74, 6) is 2.76. The Hall–Kier alpha value is -4.37. The molecule has 6 rings (SSSR count). The summed E-state index contributed by atoms with van der Waals surface area (Å²) in [6.45, 7) is 4.85. The predicted molar refractivity (Wildman–Crippen MR) is 145 cm³/mol. The van der Waals surface area contributed by atoms with E-state index in [4.69, 9.17) is 14.2 Å². The number of nitrogens with zero attached hydrogens (tertiary/aromatic N) is 3. The van der Waals surface area contributed by atoms with Crippen molar-refractivity contribution in [2.24, 2.45) is 0 Å². The molecule has 1 atom stereocenters. The molecule has 0 bridgehead atoms. The molecule has 2 N–H and O–H groups in total. The lowest BCUT2D eigenvalue weighted by Crippen LogP contribution is -2.36. The standard InChI is InChI=1S/C29H29N5O4/c1-18(29-30-9-8-27(33-29)36-2)31-21-6-7-25-20(15-21)14-19-4-3-5-23(28(19)38-25)24-16-22(17-26(35)32-24)34-10-12-37-13-11-34/h3-9,15-18,31H,10-14H2,1-2H3,(H,32,35). The fourth-order valence-electron chi connectivity index (χ4n) is 4.95. The van der Waals surface area contributed by atoms with Crippen LogP contribution in [-0.4, -0.2) is 48.4 Å². The third-order valence-electron chi connectivity index (χ3n) is 6.87. The third-order valence-corrected chi connectivity index (χ3v) is 6.87. The van der Waals surface area contributed by atoms with Crippen LogP contribution in [0.4, 0.5) is 11.4 Å². The Labute approximate surface area is 220 Å². The van der Waals surface area contributed by atoms with Crippen LogP contribution in [0.25, 0.3) is 11.3 Å². The van der Waals surface area contributed by atoms with Crippen molar-refractivity contribution in [3.05, 3.63) is 88.1 Å². The maximum atomic E-state index is 12.6. The quantitative estimate of drug-likeness (QED) is 0.343. The zero-order valence-corrected chi connectivity index (χ0v) is 21.4. The van der Waals surface area contributed by atoms with Gasteiger partial charge in [-0.2, -0.15) is 4.98 Å². The van der Waals surface area contributed by atoms with Gasteiger partial charge in [-0.1, -0.05) is 12.1 Å². The Bertz CT molecular complexity index is 1530. The lowest BCUT2D eigenvalue weighted by molar-refractivity contribution is 0.122. The highest BCUT2D eigenvalue weighted by Gasteiger charge is 2.23. The van der Waals surface area contributed by atoms with Crippen molar-refractivity contribution in [3.8, 4) is 28.6 Å². The molecule has 0 radical (unpaired) electrons. The van der Waals surface area contributed by atoms with Gasteiger partial charge in [-0.25, -0.2) is 4.98 Å². The highest BCUT2D eigenvalue weighted by molar-refractivity contribution is 5.74. The van der Waals surface area contributed by atoms with Crippen LogP contribution in [0, 0.1) is 0 Å². The Balaban J connectivity index is 1.26. The summed E-state index contributed by atoms with van der Waals surface area (Å²) < 4.78 is 17.1. The zero-order valence-electron chi connectivity index (χ0n) is 21.4. The predicted octanol–water partition coefficient (Wildman–Crippen LogP) is 4.55. The van der Waals surface area contributed by atoms with Gasteiger partial charge in [0.15, 0.2) is 5.82 Å². The van der Waals surface area contributed by atoms with Crippen molar-refractivity contribution in [1.29, 1.82) is 0 Å². The molecule has 1 unspecified atom stereocenters. The highest BCUT2D eigenvalue weighted by Crippen LogP contribution is 2.43. The summed E-state index contributed by atoms with van der Waals surface area (Å²) in [6.07, 6.45) is 2.41. The summed E-state index contributed by atoms with van der Waals surface area (Å²) in [5, 5.41) is 3.48. The second-order valence-electron chi connectivity index (χ2n) is 9.43. The number of benzene rings is 2. The van der Waals surface area contributed by atoms with Gasteiger partial charge < -0.3 is 29.4 Å². The smallest absolute Gasteiger partial charge is 0.250 e. The first kappa shape index (κ1) is 24.0. The summed E-state index contributed by atoms with van der Waals surface area (Å²) in [7, 11) is 1.59. The van der Waals surface area contributed by atoms with Crippen molar-refractivity contribution in [2.75, 3.05) is 43.6 Å². The number of morpholine rings is 1. The van der Waals surface area contributed by atoms with Crippen LogP contribution in [0.3, 0.4) is 0 Å². The molecule has 2 aliphatic heterocycles. The van der Waals surface area contributed by atoms with Crippen LogP contribution >= 0.6 is 0 Å². The van der Waals surface area contributed by atoms with E-state index in [2.05, 4.69) is 37.3 Å². The van der Waals surface area contributed by atoms with E-state index in [-0.39, 0.29) is 11.6 Å². The highest BCUT2D eigenvalue weighted by atomic mass is 16.5. The largest absolute Gasteiger partial charge is 0.481 e. The molecule has 2 aromatic heterocycles. The number of pyridine rings is 1. The minimum absolute atomic E-state index is 0.109. The SMILES string of the molecule is COc1ccnc(C(C)Nc2ccc3c(c2)Cc2cccc(-c4cc(N5CCOCC5)cc(=O)[nH]4)c2O3)n1. The number of rotatable bonds is 6. The summed E-state index contributed by atoms with van der Waals surface area (Å²) >= 11 is 0. The zero-order chi connectivity index (χ0) is 26.1. The molecule has 1 saturated heterocycles. The van der Waals surface area contributed by atoms with E-state index in [0.29, 0.717) is 31.3 Å². The fraction of sp³-hybridized carbons (Fsp3) is 0.276. The van der Waals surface area contributed by atoms with Crippen molar-refractivity contribution in [2.45, 2.75) is 19.4 Å². The van der Waals surface area contributed by atoms with Gasteiger partial charge in [0.25, 0.3) is 0 Å². The first-order chi connectivity index (χ1) is 18.6. The number of anilines is 2. The molecule has 194 valence electrons. The van der Waals surface area contributed by atoms with Gasteiger partial charge in [0.2, 0.25) is 11.4 Å². The van der Waals surface area contributed by atoms with Crippen LogP contribution in [0.2, 0.25) is 0 Å². The number of aromatic nitrogens is 3. The van der Waals surface area contributed by atoms with Crippen molar-refractivity contribution >= 4 is 11.4 Å². The van der Waals surface area contributed by atoms with Crippen LogP contribution in [-0.2, 0) is 11.2 Å². The van der Waals surface area contributed by atoms with E-state index in [1.165, 1.54) is 0 Å². The molecule has 4 aromatic rings. The molecule has 9 nitrogen and oxygen atoms in total. The van der Waals surface area contributed by atoms with Gasteiger partial charge in [0, 0.05) is 60.3 Å². The van der Waals surface area contributed by atoms with Crippen molar-refractivity contribution < 1.29 is 14.2 Å². The molecule has 2 aromatic carbocycles. The molecule has 1 fully saturated rings. The first-order valence-electron chi connectivity index (χ1n) is 12.7. The third kappa shape index (κ3) is 4.80. The van der Waals surface area contributed by atoms with E-state index < -0.39 is 0 Å². The number of methoxy groups -OCH3 is 1. The van der Waals surface area contributed by atoms with Gasteiger partial charge >= 0.3 is 0 Å². The Morgan fingerprint density at radius 1 is 1.08 bits per heavy atom. The van der Waals surface area contributed by atoms with Crippen LogP contribution in [0.5, 0.6) is 17.4 Å². The minimum Gasteiger partial charge on any atom is -0.481 e. The lowest BCUT2D eigenvalue weighted by Gasteiger charge is -2.29. The molecule has 38 heavy (non-hydrogen) atoms. The van der Waals surface area contributed by atoms with Crippen LogP contribution < -0.4 is 25.2 Å².